The van der Waals surface area contributed by atoms with E-state index in [1.807, 2.05) is 31.2 Å². The molecule has 140 valence electrons. The smallest absolute Gasteiger partial charge is 0.224 e. The first-order valence-corrected chi connectivity index (χ1v) is 8.56. The number of nitrogens with one attached hydrogen (secondary N) is 3. The molecule has 0 aliphatic carbocycles. The first-order valence-electron chi connectivity index (χ1n) is 8.56. The molecular formula is C18H21N7O2. The predicted molar refractivity (Wildman–Crippen MR) is 101 cm³/mol. The van der Waals surface area contributed by atoms with E-state index in [9.17, 15) is 4.79 Å². The number of hydrogen-bond acceptors (Lipinski definition) is 8. The van der Waals surface area contributed by atoms with Crippen molar-refractivity contribution in [1.82, 2.24) is 25.7 Å². The third-order valence-electron chi connectivity index (χ3n) is 3.86. The van der Waals surface area contributed by atoms with Crippen molar-refractivity contribution in [2.45, 2.75) is 20.3 Å². The maximum absolute atomic E-state index is 12.0. The van der Waals surface area contributed by atoms with Crippen LogP contribution in [0.3, 0.4) is 0 Å². The molecule has 3 aromatic heterocycles. The lowest BCUT2D eigenvalue weighted by molar-refractivity contribution is -0.120. The summed E-state index contributed by atoms with van der Waals surface area (Å²) < 4.78 is 5.06. The lowest BCUT2D eigenvalue weighted by Crippen LogP contribution is -2.30. The quantitative estimate of drug-likeness (QED) is 0.517. The van der Waals surface area contributed by atoms with Gasteiger partial charge < -0.3 is 20.5 Å². The molecule has 3 N–H and O–H groups in total. The summed E-state index contributed by atoms with van der Waals surface area (Å²) in [7, 11) is 0. The van der Waals surface area contributed by atoms with E-state index in [4.69, 9.17) is 4.52 Å². The minimum atomic E-state index is -0.0767. The fourth-order valence-corrected chi connectivity index (χ4v) is 2.43. The van der Waals surface area contributed by atoms with Crippen molar-refractivity contribution < 1.29 is 9.32 Å². The highest BCUT2D eigenvalue weighted by atomic mass is 16.5. The molecule has 9 heteroatoms. The number of rotatable bonds is 8. The molecule has 3 aromatic rings. The highest BCUT2D eigenvalue weighted by molar-refractivity contribution is 5.79. The fourth-order valence-electron chi connectivity index (χ4n) is 2.43. The Hall–Kier alpha value is -3.49. The van der Waals surface area contributed by atoms with Gasteiger partial charge in [-0.25, -0.2) is 4.98 Å². The van der Waals surface area contributed by atoms with Crippen molar-refractivity contribution in [3.05, 3.63) is 53.5 Å². The summed E-state index contributed by atoms with van der Waals surface area (Å²) in [5, 5.41) is 21.0. The Balaban J connectivity index is 1.39. The number of hydrogen-bond donors (Lipinski definition) is 3. The molecule has 0 spiro atoms. The maximum Gasteiger partial charge on any atom is 0.224 e. The van der Waals surface area contributed by atoms with Gasteiger partial charge in [0, 0.05) is 24.8 Å². The van der Waals surface area contributed by atoms with Crippen LogP contribution in [0.2, 0.25) is 0 Å². The van der Waals surface area contributed by atoms with Crippen LogP contribution in [0.1, 0.15) is 17.0 Å². The maximum atomic E-state index is 12.0. The van der Waals surface area contributed by atoms with Gasteiger partial charge >= 0.3 is 0 Å². The summed E-state index contributed by atoms with van der Waals surface area (Å²) in [5.41, 5.74) is 1.58. The Morgan fingerprint density at radius 3 is 2.52 bits per heavy atom. The van der Waals surface area contributed by atoms with Gasteiger partial charge in [-0.1, -0.05) is 11.2 Å². The third-order valence-corrected chi connectivity index (χ3v) is 3.86. The molecule has 0 saturated heterocycles. The predicted octanol–water partition coefficient (Wildman–Crippen LogP) is 1.99. The van der Waals surface area contributed by atoms with Crippen LogP contribution < -0.4 is 16.0 Å². The summed E-state index contributed by atoms with van der Waals surface area (Å²) >= 11 is 0. The Kier molecular flexibility index (Phi) is 5.93. The van der Waals surface area contributed by atoms with E-state index < -0.39 is 0 Å². The average Bonchev–Trinajstić information content (AvgIpc) is 2.99. The zero-order valence-electron chi connectivity index (χ0n) is 15.2. The molecule has 0 saturated carbocycles. The minimum Gasteiger partial charge on any atom is -0.367 e. The van der Waals surface area contributed by atoms with Gasteiger partial charge in [-0.3, -0.25) is 4.79 Å². The first-order chi connectivity index (χ1) is 13.1. The van der Waals surface area contributed by atoms with E-state index in [0.29, 0.717) is 36.3 Å². The van der Waals surface area contributed by atoms with Crippen molar-refractivity contribution in [2.75, 3.05) is 23.7 Å². The van der Waals surface area contributed by atoms with Crippen LogP contribution in [0.25, 0.3) is 0 Å². The SMILES string of the molecule is Cc1noc(C)c1CC(=O)NCCNc1ccc(Nc2ccccn2)nn1. The Bertz CT molecular complexity index is 859. The van der Waals surface area contributed by atoms with Gasteiger partial charge in [0.1, 0.15) is 17.4 Å². The highest BCUT2D eigenvalue weighted by Crippen LogP contribution is 2.13. The van der Waals surface area contributed by atoms with Crippen molar-refractivity contribution in [3.63, 3.8) is 0 Å². The number of carbonyl (C=O) groups is 1. The molecule has 9 nitrogen and oxygen atoms in total. The van der Waals surface area contributed by atoms with E-state index in [0.717, 1.165) is 11.3 Å². The van der Waals surface area contributed by atoms with Crippen LogP contribution in [0.15, 0.2) is 41.1 Å². The molecule has 27 heavy (non-hydrogen) atoms. The second kappa shape index (κ2) is 8.75. The number of carbonyl (C=O) groups excluding carboxylic acids is 1. The molecule has 0 aromatic carbocycles. The Morgan fingerprint density at radius 2 is 1.85 bits per heavy atom. The molecule has 1 amide bonds. The van der Waals surface area contributed by atoms with Gasteiger partial charge in [-0.2, -0.15) is 0 Å². The zero-order valence-corrected chi connectivity index (χ0v) is 15.2. The second-order valence-corrected chi connectivity index (χ2v) is 5.90. The summed E-state index contributed by atoms with van der Waals surface area (Å²) in [5.74, 6) is 2.53. The minimum absolute atomic E-state index is 0.0767. The monoisotopic (exact) mass is 367 g/mol. The average molecular weight is 367 g/mol. The lowest BCUT2D eigenvalue weighted by Gasteiger charge is -2.08. The van der Waals surface area contributed by atoms with E-state index in [1.165, 1.54) is 0 Å². The van der Waals surface area contributed by atoms with E-state index in [1.54, 1.807) is 19.2 Å². The molecule has 3 rings (SSSR count). The van der Waals surface area contributed by atoms with Gasteiger partial charge in [0.05, 0.1) is 12.1 Å². The van der Waals surface area contributed by atoms with Gasteiger partial charge in [0.25, 0.3) is 0 Å². The van der Waals surface area contributed by atoms with Crippen LogP contribution in [0.5, 0.6) is 0 Å². The number of anilines is 3. The van der Waals surface area contributed by atoms with Crippen molar-refractivity contribution >= 4 is 23.4 Å². The number of aryl methyl sites for hydroxylation is 2. The molecule has 0 fully saturated rings. The molecule has 0 bridgehead atoms. The molecule has 0 unspecified atom stereocenters. The van der Waals surface area contributed by atoms with E-state index in [2.05, 4.69) is 36.3 Å². The van der Waals surface area contributed by atoms with Gasteiger partial charge in [0.15, 0.2) is 5.82 Å². The van der Waals surface area contributed by atoms with Crippen molar-refractivity contribution in [2.24, 2.45) is 0 Å². The van der Waals surface area contributed by atoms with E-state index >= 15 is 0 Å². The molecule has 0 aliphatic rings. The van der Waals surface area contributed by atoms with Crippen LogP contribution in [-0.2, 0) is 11.2 Å². The topological polar surface area (TPSA) is 118 Å². The van der Waals surface area contributed by atoms with Crippen LogP contribution in [-0.4, -0.2) is 39.3 Å². The van der Waals surface area contributed by atoms with Crippen molar-refractivity contribution in [3.8, 4) is 0 Å². The van der Waals surface area contributed by atoms with Crippen molar-refractivity contribution in [1.29, 1.82) is 0 Å². The van der Waals surface area contributed by atoms with Crippen LogP contribution in [0, 0.1) is 13.8 Å². The van der Waals surface area contributed by atoms with Gasteiger partial charge in [-0.05, 0) is 38.1 Å². The van der Waals surface area contributed by atoms with Gasteiger partial charge in [0.2, 0.25) is 5.91 Å². The number of pyridine rings is 1. The molecule has 0 radical (unpaired) electrons. The van der Waals surface area contributed by atoms with E-state index in [-0.39, 0.29) is 12.3 Å². The Labute approximate surface area is 156 Å². The van der Waals surface area contributed by atoms with Gasteiger partial charge in [-0.15, -0.1) is 10.2 Å². The first kappa shape index (κ1) is 18.3. The van der Waals surface area contributed by atoms with Crippen LogP contribution >= 0.6 is 0 Å². The van der Waals surface area contributed by atoms with Crippen LogP contribution in [0.4, 0.5) is 17.5 Å². The molecule has 0 atom stereocenters. The number of amides is 1. The number of aromatic nitrogens is 4. The zero-order chi connectivity index (χ0) is 19.1. The normalized spacial score (nSPS) is 10.4. The summed E-state index contributed by atoms with van der Waals surface area (Å²) in [6.07, 6.45) is 1.96. The summed E-state index contributed by atoms with van der Waals surface area (Å²) in [6, 6.07) is 9.19. The molecule has 3 heterocycles. The standard InChI is InChI=1S/C18H21N7O2/c1-12-14(13(2)27-25-12)11-18(26)21-10-9-20-16-6-7-17(24-23-16)22-15-5-3-4-8-19-15/h3-8H,9-11H2,1-2H3,(H,20,23)(H,21,26)(H,19,22,24). The largest absolute Gasteiger partial charge is 0.367 e. The summed E-state index contributed by atoms with van der Waals surface area (Å²) in [6.45, 7) is 4.63. The molecular weight excluding hydrogens is 346 g/mol. The molecule has 0 aliphatic heterocycles. The third kappa shape index (κ3) is 5.24. The summed E-state index contributed by atoms with van der Waals surface area (Å²) in [4.78, 5) is 16.2. The fraction of sp³-hybridized carbons (Fsp3) is 0.278. The highest BCUT2D eigenvalue weighted by Gasteiger charge is 2.12. The second-order valence-electron chi connectivity index (χ2n) is 5.90. The number of nitrogens with zero attached hydrogens (tertiary/aromatic N) is 4. The lowest BCUT2D eigenvalue weighted by atomic mass is 10.1. The Morgan fingerprint density at radius 1 is 1.04 bits per heavy atom.